The summed E-state index contributed by atoms with van der Waals surface area (Å²) in [6.45, 7) is 2.10. The predicted molar refractivity (Wildman–Crippen MR) is 92.3 cm³/mol. The second-order valence-corrected chi connectivity index (χ2v) is 6.28. The van der Waals surface area contributed by atoms with Crippen molar-refractivity contribution in [2.24, 2.45) is 0 Å². The monoisotopic (exact) mass is 318 g/mol. The third-order valence-electron chi connectivity index (χ3n) is 4.71. The smallest absolute Gasteiger partial charge is 0.276 e. The van der Waals surface area contributed by atoms with Crippen LogP contribution in [0, 0.1) is 12.3 Å². The molecule has 1 heterocycles. The zero-order valence-electron chi connectivity index (χ0n) is 13.4. The van der Waals surface area contributed by atoms with Crippen LogP contribution in [0.5, 0.6) is 0 Å². The van der Waals surface area contributed by atoms with Crippen molar-refractivity contribution in [3.05, 3.63) is 76.9 Å². The first kappa shape index (κ1) is 14.6. The van der Waals surface area contributed by atoms with Gasteiger partial charge in [0.25, 0.3) is 5.89 Å². The van der Waals surface area contributed by atoms with Gasteiger partial charge >= 0.3 is 0 Å². The van der Waals surface area contributed by atoms with Crippen LogP contribution in [-0.2, 0) is 5.41 Å². The molecule has 1 aliphatic rings. The number of rotatable bonds is 4. The Morgan fingerprint density at radius 3 is 2.54 bits per heavy atom. The lowest BCUT2D eigenvalue weighted by Gasteiger charge is -2.13. The molecule has 4 rings (SSSR count). The van der Waals surface area contributed by atoms with Gasteiger partial charge in [-0.1, -0.05) is 47.6 Å². The minimum atomic E-state index is -0.171. The Labute approximate surface area is 140 Å². The first-order valence-electron chi connectivity index (χ1n) is 7.96. The van der Waals surface area contributed by atoms with E-state index in [1.165, 1.54) is 11.1 Å². The van der Waals surface area contributed by atoms with Gasteiger partial charge in [-0.05, 0) is 37.0 Å². The zero-order chi connectivity index (χ0) is 16.7. The number of aryl methyl sites for hydroxylation is 1. The molecular formula is C19H18N4O. The fourth-order valence-corrected chi connectivity index (χ4v) is 3.21. The molecule has 3 N–H and O–H groups in total. The Morgan fingerprint density at radius 2 is 1.83 bits per heavy atom. The number of aromatic nitrogens is 2. The molecule has 120 valence electrons. The first-order chi connectivity index (χ1) is 11.6. The standard InChI is InChI=1S/C19H18N4O/c1-12-6-2-4-8-14(12)19(10-11-19)18-22-17(24-23-18)16(21)13-7-3-5-9-15(13)20/h2-9,21H,10-11,20H2,1H3. The van der Waals surface area contributed by atoms with Gasteiger partial charge in [0.15, 0.2) is 5.82 Å². The lowest BCUT2D eigenvalue weighted by atomic mass is 9.91. The van der Waals surface area contributed by atoms with Crippen LogP contribution in [0.4, 0.5) is 5.69 Å². The van der Waals surface area contributed by atoms with Gasteiger partial charge in [0.2, 0.25) is 0 Å². The van der Waals surface area contributed by atoms with Crippen LogP contribution in [0.25, 0.3) is 0 Å². The summed E-state index contributed by atoms with van der Waals surface area (Å²) in [6, 6.07) is 15.5. The first-order valence-corrected chi connectivity index (χ1v) is 7.96. The predicted octanol–water partition coefficient (Wildman–Crippen LogP) is 3.46. The highest BCUT2D eigenvalue weighted by Crippen LogP contribution is 2.53. The molecule has 0 atom stereocenters. The number of nitrogens with two attached hydrogens (primary N) is 1. The van der Waals surface area contributed by atoms with Crippen LogP contribution >= 0.6 is 0 Å². The summed E-state index contributed by atoms with van der Waals surface area (Å²) in [5, 5.41) is 12.5. The van der Waals surface area contributed by atoms with E-state index >= 15 is 0 Å². The Morgan fingerprint density at radius 1 is 1.12 bits per heavy atom. The highest BCUT2D eigenvalue weighted by atomic mass is 16.5. The van der Waals surface area contributed by atoms with Crippen molar-refractivity contribution >= 4 is 11.4 Å². The highest BCUT2D eigenvalue weighted by molar-refractivity contribution is 6.11. The minimum Gasteiger partial charge on any atom is -0.398 e. The highest BCUT2D eigenvalue weighted by Gasteiger charge is 2.50. The molecular weight excluding hydrogens is 300 g/mol. The average Bonchev–Trinajstić information content (AvgIpc) is 3.24. The number of anilines is 1. The number of nitrogens with one attached hydrogen (secondary N) is 1. The van der Waals surface area contributed by atoms with E-state index in [4.69, 9.17) is 15.7 Å². The average molecular weight is 318 g/mol. The maximum Gasteiger partial charge on any atom is 0.276 e. The molecule has 5 heteroatoms. The van der Waals surface area contributed by atoms with E-state index in [0.29, 0.717) is 17.1 Å². The fourth-order valence-electron chi connectivity index (χ4n) is 3.21. The molecule has 1 saturated carbocycles. The SMILES string of the molecule is Cc1ccccc1C1(c2noc(C(=N)c3ccccc3N)n2)CC1. The maximum absolute atomic E-state index is 8.32. The van der Waals surface area contributed by atoms with Crippen LogP contribution in [0.15, 0.2) is 53.1 Å². The van der Waals surface area contributed by atoms with E-state index in [1.54, 1.807) is 12.1 Å². The molecule has 0 spiro atoms. The Balaban J connectivity index is 1.70. The molecule has 0 radical (unpaired) electrons. The van der Waals surface area contributed by atoms with Crippen LogP contribution in [0.1, 0.15) is 41.2 Å². The van der Waals surface area contributed by atoms with E-state index in [1.807, 2.05) is 24.3 Å². The number of nitrogens with zero attached hydrogens (tertiary/aromatic N) is 2. The summed E-state index contributed by atoms with van der Waals surface area (Å²) in [5.41, 5.74) is 9.53. The summed E-state index contributed by atoms with van der Waals surface area (Å²) >= 11 is 0. The van der Waals surface area contributed by atoms with Crippen LogP contribution in [0.2, 0.25) is 0 Å². The van der Waals surface area contributed by atoms with E-state index in [2.05, 4.69) is 29.2 Å². The van der Waals surface area contributed by atoms with Crippen molar-refractivity contribution in [3.8, 4) is 0 Å². The van der Waals surface area contributed by atoms with Gasteiger partial charge in [0, 0.05) is 11.3 Å². The number of hydrogen-bond acceptors (Lipinski definition) is 5. The Kier molecular flexibility index (Phi) is 3.23. The van der Waals surface area contributed by atoms with Crippen LogP contribution < -0.4 is 5.73 Å². The Hall–Kier alpha value is -2.95. The molecule has 3 aromatic rings. The molecule has 5 nitrogen and oxygen atoms in total. The van der Waals surface area contributed by atoms with Crippen LogP contribution in [-0.4, -0.2) is 15.9 Å². The van der Waals surface area contributed by atoms with Crippen molar-refractivity contribution in [1.82, 2.24) is 10.1 Å². The number of nitrogen functional groups attached to an aromatic ring is 1. The zero-order valence-corrected chi connectivity index (χ0v) is 13.4. The lowest BCUT2D eigenvalue weighted by molar-refractivity contribution is 0.399. The van der Waals surface area contributed by atoms with Crippen molar-refractivity contribution in [3.63, 3.8) is 0 Å². The van der Waals surface area contributed by atoms with E-state index in [9.17, 15) is 0 Å². The molecule has 1 fully saturated rings. The Bertz CT molecular complexity index is 924. The lowest BCUT2D eigenvalue weighted by Crippen LogP contribution is -2.13. The second-order valence-electron chi connectivity index (χ2n) is 6.28. The summed E-state index contributed by atoms with van der Waals surface area (Å²) in [6.07, 6.45) is 2.00. The van der Waals surface area contributed by atoms with Crippen molar-refractivity contribution in [1.29, 1.82) is 5.41 Å². The fraction of sp³-hybridized carbons (Fsp3) is 0.211. The minimum absolute atomic E-state index is 0.160. The van der Waals surface area contributed by atoms with Crippen molar-refractivity contribution in [2.75, 3.05) is 5.73 Å². The summed E-state index contributed by atoms with van der Waals surface area (Å²) in [7, 11) is 0. The van der Waals surface area contributed by atoms with Gasteiger partial charge in [0.1, 0.15) is 5.71 Å². The normalized spacial score (nSPS) is 15.2. The molecule has 0 amide bonds. The molecule has 0 bridgehead atoms. The molecule has 24 heavy (non-hydrogen) atoms. The number of hydrogen-bond donors (Lipinski definition) is 2. The summed E-state index contributed by atoms with van der Waals surface area (Å²) < 4.78 is 5.38. The van der Waals surface area contributed by atoms with E-state index in [-0.39, 0.29) is 17.0 Å². The summed E-state index contributed by atoms with van der Waals surface area (Å²) in [5.74, 6) is 0.869. The molecule has 1 aromatic heterocycles. The molecule has 0 aliphatic heterocycles. The second kappa shape index (κ2) is 5.30. The van der Waals surface area contributed by atoms with E-state index in [0.717, 1.165) is 12.8 Å². The molecule has 2 aromatic carbocycles. The van der Waals surface area contributed by atoms with Gasteiger partial charge in [-0.3, -0.25) is 5.41 Å². The van der Waals surface area contributed by atoms with Crippen molar-refractivity contribution < 1.29 is 4.52 Å². The maximum atomic E-state index is 8.32. The van der Waals surface area contributed by atoms with Gasteiger partial charge in [0.05, 0.1) is 5.41 Å². The van der Waals surface area contributed by atoms with Gasteiger partial charge < -0.3 is 10.3 Å². The van der Waals surface area contributed by atoms with Crippen LogP contribution in [0.3, 0.4) is 0 Å². The van der Waals surface area contributed by atoms with E-state index < -0.39 is 0 Å². The number of para-hydroxylation sites is 1. The summed E-state index contributed by atoms with van der Waals surface area (Å²) in [4.78, 5) is 4.52. The van der Waals surface area contributed by atoms with Gasteiger partial charge in [-0.2, -0.15) is 4.98 Å². The topological polar surface area (TPSA) is 88.8 Å². The third kappa shape index (κ3) is 2.21. The van der Waals surface area contributed by atoms with Crippen molar-refractivity contribution in [2.45, 2.75) is 25.2 Å². The third-order valence-corrected chi connectivity index (χ3v) is 4.71. The largest absolute Gasteiger partial charge is 0.398 e. The molecule has 1 aliphatic carbocycles. The van der Waals surface area contributed by atoms with Gasteiger partial charge in [-0.15, -0.1) is 0 Å². The van der Waals surface area contributed by atoms with Gasteiger partial charge in [-0.25, -0.2) is 0 Å². The quantitative estimate of drug-likeness (QED) is 0.569. The molecule has 0 saturated heterocycles. The molecule has 0 unspecified atom stereocenters. The number of benzene rings is 2.